The number of hydrogen-bond donors (Lipinski definition) is 1. The zero-order chi connectivity index (χ0) is 14.9. The van der Waals surface area contributed by atoms with Gasteiger partial charge in [0.1, 0.15) is 5.75 Å². The Morgan fingerprint density at radius 2 is 2.19 bits per heavy atom. The quantitative estimate of drug-likeness (QED) is 0.916. The largest absolute Gasteiger partial charge is 0.493 e. The molecule has 2 heterocycles. The minimum absolute atomic E-state index is 0.245. The van der Waals surface area contributed by atoms with Crippen LogP contribution in [0.25, 0.3) is 0 Å². The number of nitrogens with zero attached hydrogens (tertiary/aromatic N) is 1. The van der Waals surface area contributed by atoms with E-state index in [1.54, 1.807) is 22.5 Å². The van der Waals surface area contributed by atoms with E-state index in [4.69, 9.17) is 4.74 Å². The van der Waals surface area contributed by atoms with Crippen LogP contribution in [-0.4, -0.2) is 45.5 Å². The van der Waals surface area contributed by atoms with E-state index in [1.165, 1.54) is 0 Å². The van der Waals surface area contributed by atoms with E-state index < -0.39 is 10.0 Å². The molecule has 2 aliphatic rings. The predicted molar refractivity (Wildman–Crippen MR) is 81.1 cm³/mol. The zero-order valence-corrected chi connectivity index (χ0v) is 13.2. The lowest BCUT2D eigenvalue weighted by molar-refractivity contribution is 0.287. The van der Waals surface area contributed by atoms with Crippen molar-refractivity contribution in [1.82, 2.24) is 9.62 Å². The first-order chi connectivity index (χ1) is 10.1. The van der Waals surface area contributed by atoms with Crippen molar-refractivity contribution in [3.63, 3.8) is 0 Å². The number of piperidine rings is 1. The molecule has 0 saturated carbocycles. The second-order valence-corrected chi connectivity index (χ2v) is 7.65. The Hall–Kier alpha value is -1.11. The number of likely N-dealkylation sites (N-methyl/N-ethyl adjacent to an activating group) is 1. The second kappa shape index (κ2) is 5.94. The molecule has 3 rings (SSSR count). The van der Waals surface area contributed by atoms with E-state index in [9.17, 15) is 8.42 Å². The normalized spacial score (nSPS) is 23.4. The highest BCUT2D eigenvalue weighted by Gasteiger charge is 2.30. The zero-order valence-electron chi connectivity index (χ0n) is 12.3. The van der Waals surface area contributed by atoms with Gasteiger partial charge in [-0.15, -0.1) is 0 Å². The van der Waals surface area contributed by atoms with Crippen LogP contribution in [0.15, 0.2) is 23.1 Å². The molecular formula is C15H22N2O3S. The van der Waals surface area contributed by atoms with E-state index in [-0.39, 0.29) is 6.04 Å². The van der Waals surface area contributed by atoms with Crippen LogP contribution in [0.2, 0.25) is 0 Å². The van der Waals surface area contributed by atoms with E-state index in [0.29, 0.717) is 18.0 Å². The fraction of sp³-hybridized carbons (Fsp3) is 0.600. The Balaban J connectivity index is 1.87. The van der Waals surface area contributed by atoms with E-state index in [0.717, 1.165) is 43.6 Å². The second-order valence-electron chi connectivity index (χ2n) is 5.71. The summed E-state index contributed by atoms with van der Waals surface area (Å²) >= 11 is 0. The van der Waals surface area contributed by atoms with Crippen LogP contribution in [0, 0.1) is 0 Å². The summed E-state index contributed by atoms with van der Waals surface area (Å²) in [4.78, 5) is 0.392. The standard InChI is InChI=1S/C15H22N2O3S/c1-16-13-5-2-8-17(11-13)21(18,19)14-6-7-15-12(10-14)4-3-9-20-15/h6-7,10,13,16H,2-5,8-9,11H2,1H3. The molecule has 1 atom stereocenters. The topological polar surface area (TPSA) is 58.6 Å². The van der Waals surface area contributed by atoms with Gasteiger partial charge in [-0.1, -0.05) is 0 Å². The van der Waals surface area contributed by atoms with Crippen molar-refractivity contribution >= 4 is 10.0 Å². The lowest BCUT2D eigenvalue weighted by Gasteiger charge is -2.32. The van der Waals surface area contributed by atoms with Gasteiger partial charge in [0.05, 0.1) is 11.5 Å². The van der Waals surface area contributed by atoms with E-state index >= 15 is 0 Å². The maximum Gasteiger partial charge on any atom is 0.243 e. The van der Waals surface area contributed by atoms with Crippen molar-refractivity contribution in [2.24, 2.45) is 0 Å². The van der Waals surface area contributed by atoms with Crippen molar-refractivity contribution in [3.8, 4) is 5.75 Å². The van der Waals surface area contributed by atoms with E-state index in [2.05, 4.69) is 5.32 Å². The Labute approximate surface area is 126 Å². The maximum atomic E-state index is 12.8. The highest BCUT2D eigenvalue weighted by molar-refractivity contribution is 7.89. The highest BCUT2D eigenvalue weighted by atomic mass is 32.2. The molecule has 1 saturated heterocycles. The number of benzene rings is 1. The van der Waals surface area contributed by atoms with Gasteiger partial charge >= 0.3 is 0 Å². The number of rotatable bonds is 3. The van der Waals surface area contributed by atoms with Crippen LogP contribution in [-0.2, 0) is 16.4 Å². The number of sulfonamides is 1. The third-order valence-electron chi connectivity index (χ3n) is 4.31. The minimum Gasteiger partial charge on any atom is -0.493 e. The first-order valence-corrected chi connectivity index (χ1v) is 8.98. The van der Waals surface area contributed by atoms with Gasteiger partial charge in [0.15, 0.2) is 0 Å². The third-order valence-corrected chi connectivity index (χ3v) is 6.17. The molecule has 0 bridgehead atoms. The van der Waals surface area contributed by atoms with Gasteiger partial charge in [0.25, 0.3) is 0 Å². The molecule has 6 heteroatoms. The molecule has 1 aromatic rings. The molecular weight excluding hydrogens is 288 g/mol. The summed E-state index contributed by atoms with van der Waals surface area (Å²) < 4.78 is 32.7. The number of hydrogen-bond acceptors (Lipinski definition) is 4. The summed E-state index contributed by atoms with van der Waals surface area (Å²) in [5.41, 5.74) is 1.00. The fourth-order valence-electron chi connectivity index (χ4n) is 3.04. The summed E-state index contributed by atoms with van der Waals surface area (Å²) in [6.45, 7) is 1.87. The Kier molecular flexibility index (Phi) is 4.19. The summed E-state index contributed by atoms with van der Waals surface area (Å²) in [7, 11) is -1.51. The molecule has 1 fully saturated rings. The van der Waals surface area contributed by atoms with Crippen molar-refractivity contribution in [2.75, 3.05) is 26.7 Å². The predicted octanol–water partition coefficient (Wildman–Crippen LogP) is 1.38. The molecule has 1 unspecified atom stereocenters. The van der Waals surface area contributed by atoms with Gasteiger partial charge in [-0.3, -0.25) is 0 Å². The summed E-state index contributed by atoms with van der Waals surface area (Å²) in [6, 6.07) is 5.49. The minimum atomic E-state index is -3.40. The average molecular weight is 310 g/mol. The molecule has 21 heavy (non-hydrogen) atoms. The molecule has 5 nitrogen and oxygen atoms in total. The molecule has 116 valence electrons. The Morgan fingerprint density at radius 3 is 3.00 bits per heavy atom. The highest BCUT2D eigenvalue weighted by Crippen LogP contribution is 2.29. The van der Waals surface area contributed by atoms with Crippen LogP contribution in [0.4, 0.5) is 0 Å². The lowest BCUT2D eigenvalue weighted by atomic mass is 10.1. The number of aryl methyl sites for hydroxylation is 1. The van der Waals surface area contributed by atoms with Gasteiger partial charge < -0.3 is 10.1 Å². The van der Waals surface area contributed by atoms with Gasteiger partial charge in [-0.05, 0) is 56.5 Å². The molecule has 0 radical (unpaired) electrons. The number of ether oxygens (including phenoxy) is 1. The molecule has 0 amide bonds. The number of fused-ring (bicyclic) bond motifs is 1. The summed E-state index contributed by atoms with van der Waals surface area (Å²) in [5.74, 6) is 0.826. The van der Waals surface area contributed by atoms with Crippen LogP contribution in [0.5, 0.6) is 5.75 Å². The molecule has 0 aromatic heterocycles. The van der Waals surface area contributed by atoms with Crippen molar-refractivity contribution in [2.45, 2.75) is 36.6 Å². The molecule has 1 aromatic carbocycles. The van der Waals surface area contributed by atoms with Crippen LogP contribution >= 0.6 is 0 Å². The summed E-state index contributed by atoms with van der Waals surface area (Å²) in [5, 5.41) is 3.18. The SMILES string of the molecule is CNC1CCCN(S(=O)(=O)c2ccc3c(c2)CCCO3)C1. The first-order valence-electron chi connectivity index (χ1n) is 7.54. The Bertz CT molecular complexity index is 615. The lowest BCUT2D eigenvalue weighted by Crippen LogP contribution is -2.46. The van der Waals surface area contributed by atoms with Gasteiger partial charge in [-0.2, -0.15) is 4.31 Å². The maximum absolute atomic E-state index is 12.8. The van der Waals surface area contributed by atoms with Crippen LogP contribution in [0.1, 0.15) is 24.8 Å². The van der Waals surface area contributed by atoms with Gasteiger partial charge in [-0.25, -0.2) is 8.42 Å². The smallest absolute Gasteiger partial charge is 0.243 e. The molecule has 0 aliphatic carbocycles. The molecule has 2 aliphatic heterocycles. The van der Waals surface area contributed by atoms with Crippen molar-refractivity contribution in [3.05, 3.63) is 23.8 Å². The summed E-state index contributed by atoms with van der Waals surface area (Å²) in [6.07, 6.45) is 3.76. The van der Waals surface area contributed by atoms with Crippen LogP contribution in [0.3, 0.4) is 0 Å². The molecule has 1 N–H and O–H groups in total. The molecule has 0 spiro atoms. The van der Waals surface area contributed by atoms with Gasteiger partial charge in [0, 0.05) is 19.1 Å². The number of nitrogens with one attached hydrogen (secondary N) is 1. The first kappa shape index (κ1) is 14.8. The van der Waals surface area contributed by atoms with E-state index in [1.807, 2.05) is 7.05 Å². The fourth-order valence-corrected chi connectivity index (χ4v) is 4.62. The van der Waals surface area contributed by atoms with Gasteiger partial charge in [0.2, 0.25) is 10.0 Å². The Morgan fingerprint density at radius 1 is 1.33 bits per heavy atom. The van der Waals surface area contributed by atoms with Crippen molar-refractivity contribution in [1.29, 1.82) is 0 Å². The monoisotopic (exact) mass is 310 g/mol. The van der Waals surface area contributed by atoms with Crippen molar-refractivity contribution < 1.29 is 13.2 Å². The third kappa shape index (κ3) is 2.93. The average Bonchev–Trinajstić information content (AvgIpc) is 2.54. The van der Waals surface area contributed by atoms with Crippen LogP contribution < -0.4 is 10.1 Å².